The zero-order valence-corrected chi connectivity index (χ0v) is 16.2. The number of rotatable bonds is 8. The van der Waals surface area contributed by atoms with Gasteiger partial charge in [0.2, 0.25) is 5.91 Å². The van der Waals surface area contributed by atoms with Crippen molar-refractivity contribution in [1.82, 2.24) is 14.8 Å². The molecule has 1 N–H and O–H groups in total. The molecule has 2 aromatic rings. The smallest absolute Gasteiger partial charge is 0.220 e. The van der Waals surface area contributed by atoms with Crippen LogP contribution in [0.4, 0.5) is 0 Å². The molecule has 1 aromatic heterocycles. The number of fused-ring (bicyclic) bond motifs is 1. The van der Waals surface area contributed by atoms with Gasteiger partial charge in [-0.25, -0.2) is 0 Å². The molecule has 1 amide bonds. The minimum atomic E-state index is 0.0945. The van der Waals surface area contributed by atoms with Crippen LogP contribution in [0.5, 0.6) is 5.75 Å². The van der Waals surface area contributed by atoms with Gasteiger partial charge in [-0.15, -0.1) is 0 Å². The maximum Gasteiger partial charge on any atom is 0.220 e. The van der Waals surface area contributed by atoms with Crippen LogP contribution in [0.3, 0.4) is 0 Å². The standard InChI is InChI=1S/C21H29N3O3/c1-26-11-9-22-21(25)12-18-14-23(16-19-4-3-10-24(19)15-18)13-17-5-7-20(27-2)8-6-17/h3-8,10,18H,9,11-16H2,1-2H3,(H,22,25). The zero-order chi connectivity index (χ0) is 19.1. The van der Waals surface area contributed by atoms with Gasteiger partial charge in [0.1, 0.15) is 5.75 Å². The van der Waals surface area contributed by atoms with E-state index in [0.717, 1.165) is 31.9 Å². The van der Waals surface area contributed by atoms with Crippen molar-refractivity contribution in [1.29, 1.82) is 0 Å². The summed E-state index contributed by atoms with van der Waals surface area (Å²) in [5.41, 5.74) is 2.55. The van der Waals surface area contributed by atoms with Crippen molar-refractivity contribution in [3.05, 3.63) is 53.9 Å². The third-order valence-corrected chi connectivity index (χ3v) is 4.95. The molecule has 1 unspecified atom stereocenters. The van der Waals surface area contributed by atoms with Gasteiger partial charge >= 0.3 is 0 Å². The minimum absolute atomic E-state index is 0.0945. The molecule has 0 spiro atoms. The first-order chi connectivity index (χ1) is 13.2. The normalized spacial score (nSPS) is 17.2. The zero-order valence-electron chi connectivity index (χ0n) is 16.2. The fraction of sp³-hybridized carbons (Fsp3) is 0.476. The van der Waals surface area contributed by atoms with Gasteiger partial charge in [0, 0.05) is 58.1 Å². The first kappa shape index (κ1) is 19.5. The Kier molecular flexibility index (Phi) is 6.90. The lowest BCUT2D eigenvalue weighted by Gasteiger charge is -2.24. The van der Waals surface area contributed by atoms with Gasteiger partial charge in [0.15, 0.2) is 0 Å². The first-order valence-electron chi connectivity index (χ1n) is 9.43. The van der Waals surface area contributed by atoms with E-state index in [1.807, 2.05) is 12.1 Å². The van der Waals surface area contributed by atoms with Crippen LogP contribution < -0.4 is 10.1 Å². The van der Waals surface area contributed by atoms with E-state index in [1.165, 1.54) is 11.3 Å². The molecule has 1 atom stereocenters. The number of amides is 1. The SMILES string of the molecule is COCCNC(=O)CC1CN(Cc2ccc(OC)cc2)Cc2cccn2C1. The lowest BCUT2D eigenvalue weighted by molar-refractivity contribution is -0.122. The van der Waals surface area contributed by atoms with E-state index in [1.54, 1.807) is 14.2 Å². The van der Waals surface area contributed by atoms with Crippen molar-refractivity contribution in [2.24, 2.45) is 5.92 Å². The van der Waals surface area contributed by atoms with Crippen molar-refractivity contribution in [3.63, 3.8) is 0 Å². The van der Waals surface area contributed by atoms with Gasteiger partial charge in [0.05, 0.1) is 13.7 Å². The quantitative estimate of drug-likeness (QED) is 0.724. The highest BCUT2D eigenvalue weighted by molar-refractivity contribution is 5.76. The van der Waals surface area contributed by atoms with Crippen LogP contribution in [-0.2, 0) is 29.2 Å². The molecular formula is C21H29N3O3. The lowest BCUT2D eigenvalue weighted by Crippen LogP contribution is -2.33. The highest BCUT2D eigenvalue weighted by atomic mass is 16.5. The summed E-state index contributed by atoms with van der Waals surface area (Å²) in [5.74, 6) is 1.24. The van der Waals surface area contributed by atoms with E-state index in [0.29, 0.717) is 19.6 Å². The van der Waals surface area contributed by atoms with Crippen molar-refractivity contribution >= 4 is 5.91 Å². The summed E-state index contributed by atoms with van der Waals surface area (Å²) in [4.78, 5) is 14.7. The highest BCUT2D eigenvalue weighted by Gasteiger charge is 2.23. The topological polar surface area (TPSA) is 55.7 Å². The molecule has 146 valence electrons. The number of carbonyl (C=O) groups is 1. The molecule has 1 aromatic carbocycles. The van der Waals surface area contributed by atoms with Crippen LogP contribution in [0, 0.1) is 5.92 Å². The summed E-state index contributed by atoms with van der Waals surface area (Å²) in [5, 5.41) is 2.94. The van der Waals surface area contributed by atoms with Gasteiger partial charge in [-0.3, -0.25) is 9.69 Å². The number of hydrogen-bond donors (Lipinski definition) is 1. The van der Waals surface area contributed by atoms with Crippen LogP contribution in [-0.4, -0.2) is 49.3 Å². The summed E-state index contributed by atoms with van der Waals surface area (Å²) in [6.45, 7) is 4.62. The van der Waals surface area contributed by atoms with Crippen LogP contribution in [0.15, 0.2) is 42.6 Å². The molecule has 2 heterocycles. The molecule has 0 radical (unpaired) electrons. The Morgan fingerprint density at radius 3 is 2.74 bits per heavy atom. The Morgan fingerprint density at radius 2 is 2.00 bits per heavy atom. The molecule has 1 aliphatic rings. The Bertz CT molecular complexity index is 727. The molecule has 0 fully saturated rings. The number of aromatic nitrogens is 1. The van der Waals surface area contributed by atoms with Crippen LogP contribution in [0.2, 0.25) is 0 Å². The Hall–Kier alpha value is -2.31. The molecule has 6 heteroatoms. The van der Waals surface area contributed by atoms with E-state index < -0.39 is 0 Å². The van der Waals surface area contributed by atoms with E-state index in [-0.39, 0.29) is 11.8 Å². The Balaban J connectivity index is 1.65. The summed E-state index contributed by atoms with van der Waals surface area (Å²) in [6.07, 6.45) is 2.64. The largest absolute Gasteiger partial charge is 0.497 e. The number of carbonyl (C=O) groups excluding carboxylic acids is 1. The van der Waals surface area contributed by atoms with Crippen LogP contribution in [0.25, 0.3) is 0 Å². The van der Waals surface area contributed by atoms with Crippen LogP contribution >= 0.6 is 0 Å². The third-order valence-electron chi connectivity index (χ3n) is 4.95. The monoisotopic (exact) mass is 371 g/mol. The van der Waals surface area contributed by atoms with Crippen molar-refractivity contribution in [3.8, 4) is 5.75 Å². The molecular weight excluding hydrogens is 342 g/mol. The predicted octanol–water partition coefficient (Wildman–Crippen LogP) is 2.28. The van der Waals surface area contributed by atoms with Crippen molar-refractivity contribution in [2.75, 3.05) is 33.9 Å². The number of benzene rings is 1. The fourth-order valence-corrected chi connectivity index (χ4v) is 3.63. The maximum atomic E-state index is 12.3. The summed E-state index contributed by atoms with van der Waals surface area (Å²) in [6, 6.07) is 12.5. The van der Waals surface area contributed by atoms with Gasteiger partial charge in [-0.2, -0.15) is 0 Å². The fourth-order valence-electron chi connectivity index (χ4n) is 3.63. The second-order valence-corrected chi connectivity index (χ2v) is 7.08. The number of methoxy groups -OCH3 is 2. The number of nitrogens with one attached hydrogen (secondary N) is 1. The average Bonchev–Trinajstić information content (AvgIpc) is 3.02. The van der Waals surface area contributed by atoms with Gasteiger partial charge in [-0.05, 0) is 35.7 Å². The third kappa shape index (κ3) is 5.58. The summed E-state index contributed by atoms with van der Waals surface area (Å²) in [7, 11) is 3.32. The molecule has 0 aliphatic carbocycles. The molecule has 1 aliphatic heterocycles. The molecule has 3 rings (SSSR count). The molecule has 6 nitrogen and oxygen atoms in total. The molecule has 0 bridgehead atoms. The van der Waals surface area contributed by atoms with Crippen molar-refractivity contribution in [2.45, 2.75) is 26.1 Å². The predicted molar refractivity (Wildman–Crippen MR) is 105 cm³/mol. The number of ether oxygens (including phenoxy) is 2. The minimum Gasteiger partial charge on any atom is -0.497 e. The number of nitrogens with zero attached hydrogens (tertiary/aromatic N) is 2. The Labute approximate surface area is 161 Å². The highest BCUT2D eigenvalue weighted by Crippen LogP contribution is 2.22. The van der Waals surface area contributed by atoms with E-state index in [2.05, 4.69) is 45.2 Å². The summed E-state index contributed by atoms with van der Waals surface area (Å²) >= 11 is 0. The first-order valence-corrected chi connectivity index (χ1v) is 9.43. The lowest BCUT2D eigenvalue weighted by atomic mass is 10.0. The van der Waals surface area contributed by atoms with Gasteiger partial charge in [0.25, 0.3) is 0 Å². The molecule has 27 heavy (non-hydrogen) atoms. The molecule has 0 saturated heterocycles. The van der Waals surface area contributed by atoms with Gasteiger partial charge in [-0.1, -0.05) is 12.1 Å². The average molecular weight is 371 g/mol. The second-order valence-electron chi connectivity index (χ2n) is 7.08. The van der Waals surface area contributed by atoms with E-state index in [4.69, 9.17) is 9.47 Å². The van der Waals surface area contributed by atoms with E-state index >= 15 is 0 Å². The van der Waals surface area contributed by atoms with Gasteiger partial charge < -0.3 is 19.4 Å². The Morgan fingerprint density at radius 1 is 1.19 bits per heavy atom. The summed E-state index contributed by atoms with van der Waals surface area (Å²) < 4.78 is 12.5. The molecule has 0 saturated carbocycles. The van der Waals surface area contributed by atoms with Crippen molar-refractivity contribution < 1.29 is 14.3 Å². The maximum absolute atomic E-state index is 12.3. The van der Waals surface area contributed by atoms with E-state index in [9.17, 15) is 4.79 Å². The van der Waals surface area contributed by atoms with Crippen LogP contribution in [0.1, 0.15) is 17.7 Å². The second kappa shape index (κ2) is 9.58. The number of hydrogen-bond acceptors (Lipinski definition) is 4.